The molecule has 2 fully saturated rings. The fraction of sp³-hybridized carbons (Fsp3) is 0.917. The van der Waals surface area contributed by atoms with Crippen LogP contribution in [0.5, 0.6) is 0 Å². The van der Waals surface area contributed by atoms with Crippen LogP contribution in [0.3, 0.4) is 0 Å². The summed E-state index contributed by atoms with van der Waals surface area (Å²) in [5.74, 6) is 0.267. The van der Waals surface area contributed by atoms with E-state index in [-0.39, 0.29) is 17.4 Å². The minimum absolute atomic E-state index is 0.215. The molecule has 1 saturated carbocycles. The standard InChI is InChI=1S/C12H22N2O2/c1-2-10-8-14(6-7-16-10)11(15)12(9-13)4-3-5-12/h10H,2-9,13H2,1H3. The Morgan fingerprint density at radius 3 is 2.81 bits per heavy atom. The molecule has 1 heterocycles. The van der Waals surface area contributed by atoms with Gasteiger partial charge in [-0.15, -0.1) is 0 Å². The molecular weight excluding hydrogens is 204 g/mol. The van der Waals surface area contributed by atoms with Crippen molar-refractivity contribution in [3.8, 4) is 0 Å². The molecular formula is C12H22N2O2. The molecule has 4 nitrogen and oxygen atoms in total. The Bertz CT molecular complexity index is 258. The molecule has 0 aromatic rings. The van der Waals surface area contributed by atoms with Crippen molar-refractivity contribution in [1.29, 1.82) is 0 Å². The van der Waals surface area contributed by atoms with Gasteiger partial charge in [-0.3, -0.25) is 4.79 Å². The average molecular weight is 226 g/mol. The first-order valence-corrected chi connectivity index (χ1v) is 6.33. The van der Waals surface area contributed by atoms with Gasteiger partial charge in [0.2, 0.25) is 5.91 Å². The van der Waals surface area contributed by atoms with Crippen molar-refractivity contribution >= 4 is 5.91 Å². The van der Waals surface area contributed by atoms with Crippen LogP contribution >= 0.6 is 0 Å². The van der Waals surface area contributed by atoms with Crippen molar-refractivity contribution in [1.82, 2.24) is 4.90 Å². The van der Waals surface area contributed by atoms with Crippen LogP contribution in [0.4, 0.5) is 0 Å². The second kappa shape index (κ2) is 4.72. The van der Waals surface area contributed by atoms with Crippen molar-refractivity contribution in [3.05, 3.63) is 0 Å². The number of hydrogen-bond donors (Lipinski definition) is 1. The molecule has 0 aromatic heterocycles. The highest BCUT2D eigenvalue weighted by atomic mass is 16.5. The van der Waals surface area contributed by atoms with Crippen LogP contribution in [0.2, 0.25) is 0 Å². The van der Waals surface area contributed by atoms with Gasteiger partial charge in [0.25, 0.3) is 0 Å². The predicted octanol–water partition coefficient (Wildman–Crippen LogP) is 0.753. The average Bonchev–Trinajstić information content (AvgIpc) is 2.28. The second-order valence-electron chi connectivity index (χ2n) is 4.99. The quantitative estimate of drug-likeness (QED) is 0.772. The van der Waals surface area contributed by atoms with Crippen molar-refractivity contribution in [2.45, 2.75) is 38.7 Å². The Morgan fingerprint density at radius 2 is 2.31 bits per heavy atom. The summed E-state index contributed by atoms with van der Waals surface area (Å²) in [5.41, 5.74) is 5.54. The molecule has 0 radical (unpaired) electrons. The lowest BCUT2D eigenvalue weighted by atomic mass is 9.67. The number of carbonyl (C=O) groups is 1. The van der Waals surface area contributed by atoms with Gasteiger partial charge in [-0.1, -0.05) is 13.3 Å². The summed E-state index contributed by atoms with van der Waals surface area (Å²) in [7, 11) is 0. The number of morpholine rings is 1. The van der Waals surface area contributed by atoms with Crippen LogP contribution in [-0.2, 0) is 9.53 Å². The molecule has 1 unspecified atom stereocenters. The molecule has 0 bridgehead atoms. The topological polar surface area (TPSA) is 55.6 Å². The van der Waals surface area contributed by atoms with E-state index in [0.717, 1.165) is 38.8 Å². The van der Waals surface area contributed by atoms with Gasteiger partial charge < -0.3 is 15.4 Å². The third-order valence-corrected chi connectivity index (χ3v) is 4.04. The van der Waals surface area contributed by atoms with Gasteiger partial charge in [0.05, 0.1) is 18.1 Å². The van der Waals surface area contributed by atoms with Gasteiger partial charge in [0, 0.05) is 19.6 Å². The van der Waals surface area contributed by atoms with Gasteiger partial charge in [0.15, 0.2) is 0 Å². The highest BCUT2D eigenvalue weighted by molar-refractivity contribution is 5.84. The van der Waals surface area contributed by atoms with Crippen molar-refractivity contribution in [3.63, 3.8) is 0 Å². The number of hydrogen-bond acceptors (Lipinski definition) is 3. The molecule has 4 heteroatoms. The summed E-state index contributed by atoms with van der Waals surface area (Å²) in [4.78, 5) is 14.3. The summed E-state index contributed by atoms with van der Waals surface area (Å²) in [6.07, 6.45) is 4.27. The maximum absolute atomic E-state index is 12.4. The Hall–Kier alpha value is -0.610. The minimum atomic E-state index is -0.227. The van der Waals surface area contributed by atoms with E-state index in [0.29, 0.717) is 13.2 Å². The third kappa shape index (κ3) is 1.96. The van der Waals surface area contributed by atoms with Crippen molar-refractivity contribution in [2.24, 2.45) is 11.1 Å². The molecule has 2 N–H and O–H groups in total. The van der Waals surface area contributed by atoms with E-state index in [9.17, 15) is 4.79 Å². The first-order valence-electron chi connectivity index (χ1n) is 6.33. The highest BCUT2D eigenvalue weighted by Gasteiger charge is 2.45. The summed E-state index contributed by atoms with van der Waals surface area (Å²) >= 11 is 0. The van der Waals surface area contributed by atoms with Crippen LogP contribution in [0.25, 0.3) is 0 Å². The fourth-order valence-electron chi connectivity index (χ4n) is 2.60. The van der Waals surface area contributed by atoms with E-state index < -0.39 is 0 Å². The molecule has 2 aliphatic rings. The van der Waals surface area contributed by atoms with Gasteiger partial charge >= 0.3 is 0 Å². The Morgan fingerprint density at radius 1 is 1.56 bits per heavy atom. The monoisotopic (exact) mass is 226 g/mol. The lowest BCUT2D eigenvalue weighted by Crippen LogP contribution is -2.56. The zero-order valence-electron chi connectivity index (χ0n) is 10.1. The first kappa shape index (κ1) is 11.9. The van der Waals surface area contributed by atoms with Crippen molar-refractivity contribution in [2.75, 3.05) is 26.2 Å². The number of nitrogens with zero attached hydrogens (tertiary/aromatic N) is 1. The maximum atomic E-state index is 12.4. The normalized spacial score (nSPS) is 28.6. The number of nitrogens with two attached hydrogens (primary N) is 1. The van der Waals surface area contributed by atoms with E-state index in [2.05, 4.69) is 6.92 Å². The van der Waals surface area contributed by atoms with Crippen LogP contribution in [0, 0.1) is 5.41 Å². The molecule has 16 heavy (non-hydrogen) atoms. The van der Waals surface area contributed by atoms with Crippen LogP contribution in [-0.4, -0.2) is 43.2 Å². The number of rotatable bonds is 3. The van der Waals surface area contributed by atoms with Crippen LogP contribution in [0.1, 0.15) is 32.6 Å². The molecule has 1 atom stereocenters. The third-order valence-electron chi connectivity index (χ3n) is 4.04. The summed E-state index contributed by atoms with van der Waals surface area (Å²) in [5, 5.41) is 0. The molecule has 92 valence electrons. The van der Waals surface area contributed by atoms with E-state index in [1.54, 1.807) is 0 Å². The molecule has 0 aromatic carbocycles. The molecule has 2 rings (SSSR count). The Kier molecular flexibility index (Phi) is 3.50. The largest absolute Gasteiger partial charge is 0.375 e. The van der Waals surface area contributed by atoms with E-state index in [4.69, 9.17) is 10.5 Å². The van der Waals surface area contributed by atoms with E-state index in [1.165, 1.54) is 0 Å². The Labute approximate surface area is 97.1 Å². The zero-order chi connectivity index (χ0) is 11.6. The Balaban J connectivity index is 1.98. The van der Waals surface area contributed by atoms with Crippen molar-refractivity contribution < 1.29 is 9.53 Å². The van der Waals surface area contributed by atoms with Crippen LogP contribution in [0.15, 0.2) is 0 Å². The maximum Gasteiger partial charge on any atom is 0.230 e. The lowest BCUT2D eigenvalue weighted by Gasteiger charge is -2.44. The lowest BCUT2D eigenvalue weighted by molar-refractivity contribution is -0.154. The first-order chi connectivity index (χ1) is 7.72. The van der Waals surface area contributed by atoms with Gasteiger partial charge in [-0.2, -0.15) is 0 Å². The van der Waals surface area contributed by atoms with Gasteiger partial charge in [0.1, 0.15) is 0 Å². The molecule has 1 aliphatic heterocycles. The smallest absolute Gasteiger partial charge is 0.230 e. The number of carbonyl (C=O) groups excluding carboxylic acids is 1. The van der Waals surface area contributed by atoms with Gasteiger partial charge in [-0.25, -0.2) is 0 Å². The van der Waals surface area contributed by atoms with Crippen LogP contribution < -0.4 is 5.73 Å². The fourth-order valence-corrected chi connectivity index (χ4v) is 2.60. The number of amides is 1. The molecule has 1 aliphatic carbocycles. The highest BCUT2D eigenvalue weighted by Crippen LogP contribution is 2.41. The second-order valence-corrected chi connectivity index (χ2v) is 4.99. The molecule has 1 saturated heterocycles. The van der Waals surface area contributed by atoms with E-state index in [1.807, 2.05) is 4.90 Å². The molecule has 1 amide bonds. The predicted molar refractivity (Wildman–Crippen MR) is 61.9 cm³/mol. The molecule has 0 spiro atoms. The summed E-state index contributed by atoms with van der Waals surface area (Å²) < 4.78 is 5.58. The van der Waals surface area contributed by atoms with Gasteiger partial charge in [-0.05, 0) is 19.3 Å². The van der Waals surface area contributed by atoms with E-state index >= 15 is 0 Å². The summed E-state index contributed by atoms with van der Waals surface area (Å²) in [6, 6.07) is 0. The zero-order valence-corrected chi connectivity index (χ0v) is 10.1. The minimum Gasteiger partial charge on any atom is -0.375 e. The summed E-state index contributed by atoms with van der Waals surface area (Å²) in [6.45, 7) is 4.75. The SMILES string of the molecule is CCC1CN(C(=O)C2(CN)CCC2)CCO1. The number of ether oxygens (including phenoxy) is 1.